The molecule has 0 saturated heterocycles. The molecule has 7 heavy (non-hydrogen) atoms. The standard InChI is InChI=1S/C2H2N4O/c3-4-2-1-7-6-5-2/h1,3H. The van der Waals surface area contributed by atoms with Crippen LogP contribution in [0.3, 0.4) is 0 Å². The van der Waals surface area contributed by atoms with Crippen LogP contribution in [0.5, 0.6) is 0 Å². The van der Waals surface area contributed by atoms with Crippen molar-refractivity contribution in [2.75, 3.05) is 0 Å². The maximum atomic E-state index is 6.32. The molecule has 1 aromatic rings. The Kier molecular flexibility index (Phi) is 0.816. The maximum Gasteiger partial charge on any atom is 0.236 e. The van der Waals surface area contributed by atoms with Gasteiger partial charge in [0.2, 0.25) is 5.82 Å². The van der Waals surface area contributed by atoms with Crippen LogP contribution < -0.4 is 0 Å². The fourth-order valence-electron chi connectivity index (χ4n) is 0.208. The molecule has 0 aromatic carbocycles. The predicted octanol–water partition coefficient (Wildman–Crippen LogP) is 0.732. The molecule has 0 fully saturated rings. The van der Waals surface area contributed by atoms with Crippen LogP contribution >= 0.6 is 0 Å². The zero-order valence-electron chi connectivity index (χ0n) is 3.33. The van der Waals surface area contributed by atoms with E-state index in [0.717, 1.165) is 0 Å². The molecule has 0 saturated carbocycles. The van der Waals surface area contributed by atoms with Crippen molar-refractivity contribution in [2.24, 2.45) is 5.11 Å². The number of nitrogens with one attached hydrogen (secondary N) is 1. The van der Waals surface area contributed by atoms with E-state index >= 15 is 0 Å². The molecule has 0 aliphatic carbocycles. The summed E-state index contributed by atoms with van der Waals surface area (Å²) in [6, 6.07) is 0. The molecule has 0 spiro atoms. The Hall–Kier alpha value is -1.26. The Morgan fingerprint density at radius 2 is 2.71 bits per heavy atom. The van der Waals surface area contributed by atoms with E-state index in [1.807, 2.05) is 0 Å². The fraction of sp³-hybridized carbons (Fsp3) is 0. The fourth-order valence-corrected chi connectivity index (χ4v) is 0.208. The molecule has 0 aliphatic rings. The summed E-state index contributed by atoms with van der Waals surface area (Å²) in [4.78, 5) is 0. The molecule has 0 aliphatic heterocycles. The van der Waals surface area contributed by atoms with E-state index in [4.69, 9.17) is 5.53 Å². The van der Waals surface area contributed by atoms with Crippen LogP contribution in [-0.2, 0) is 0 Å². The Morgan fingerprint density at radius 1 is 1.86 bits per heavy atom. The highest BCUT2D eigenvalue weighted by molar-refractivity contribution is 5.14. The minimum atomic E-state index is 0.194. The smallest absolute Gasteiger partial charge is 0.236 e. The van der Waals surface area contributed by atoms with Gasteiger partial charge in [-0.1, -0.05) is 5.10 Å². The van der Waals surface area contributed by atoms with Crippen LogP contribution in [0.4, 0.5) is 5.82 Å². The Balaban J connectivity index is 2.96. The predicted molar refractivity (Wildman–Crippen MR) is 19.1 cm³/mol. The second-order valence-electron chi connectivity index (χ2n) is 0.875. The van der Waals surface area contributed by atoms with E-state index < -0.39 is 0 Å². The first-order valence-corrected chi connectivity index (χ1v) is 1.58. The van der Waals surface area contributed by atoms with E-state index in [1.165, 1.54) is 6.26 Å². The van der Waals surface area contributed by atoms with Crippen LogP contribution in [0.2, 0.25) is 0 Å². The maximum absolute atomic E-state index is 6.32. The highest BCUT2D eigenvalue weighted by Gasteiger charge is 1.87. The van der Waals surface area contributed by atoms with E-state index in [9.17, 15) is 0 Å². The van der Waals surface area contributed by atoms with Gasteiger partial charge >= 0.3 is 0 Å². The average Bonchev–Trinajstić information content (AvgIpc) is 2.14. The lowest BCUT2D eigenvalue weighted by molar-refractivity contribution is 0.393. The summed E-state index contributed by atoms with van der Waals surface area (Å²) in [5.74, 6) is 0.194. The Labute approximate surface area is 38.8 Å². The van der Waals surface area contributed by atoms with E-state index in [1.54, 1.807) is 0 Å². The van der Waals surface area contributed by atoms with Gasteiger partial charge < -0.3 is 4.52 Å². The topological polar surface area (TPSA) is 75.1 Å². The van der Waals surface area contributed by atoms with E-state index in [0.29, 0.717) is 0 Å². The summed E-state index contributed by atoms with van der Waals surface area (Å²) in [5, 5.41) is 9.23. The molecule has 0 atom stereocenters. The first kappa shape index (κ1) is 3.91. The summed E-state index contributed by atoms with van der Waals surface area (Å²) in [7, 11) is 0. The van der Waals surface area contributed by atoms with E-state index in [-0.39, 0.29) is 5.82 Å². The molecule has 1 N–H and O–H groups in total. The highest BCUT2D eigenvalue weighted by atomic mass is 16.5. The Bertz CT molecular complexity index is 145. The van der Waals surface area contributed by atoms with Crippen LogP contribution in [0.1, 0.15) is 0 Å². The molecule has 5 heteroatoms. The van der Waals surface area contributed by atoms with E-state index in [2.05, 4.69) is 20.0 Å². The van der Waals surface area contributed by atoms with Gasteiger partial charge in [0, 0.05) is 5.27 Å². The van der Waals surface area contributed by atoms with Gasteiger partial charge in [-0.05, 0) is 0 Å². The molecule has 0 amide bonds. The summed E-state index contributed by atoms with van der Waals surface area (Å²) in [6.07, 6.45) is 1.19. The number of nitrogens with zero attached hydrogens (tertiary/aromatic N) is 3. The molecule has 0 bridgehead atoms. The quantitative estimate of drug-likeness (QED) is 0.526. The van der Waals surface area contributed by atoms with Gasteiger partial charge in [-0.25, -0.2) is 5.53 Å². The third-order valence-electron chi connectivity index (χ3n) is 0.463. The summed E-state index contributed by atoms with van der Waals surface area (Å²) < 4.78 is 4.23. The number of rotatable bonds is 1. The first-order chi connectivity index (χ1) is 3.43. The summed E-state index contributed by atoms with van der Waals surface area (Å²) in [5.41, 5.74) is 6.32. The third kappa shape index (κ3) is 0.594. The zero-order valence-corrected chi connectivity index (χ0v) is 3.33. The van der Waals surface area contributed by atoms with Crippen molar-refractivity contribution in [2.45, 2.75) is 0 Å². The van der Waals surface area contributed by atoms with Crippen LogP contribution in [0.25, 0.3) is 0 Å². The molecule has 1 rings (SSSR count). The first-order valence-electron chi connectivity index (χ1n) is 1.58. The van der Waals surface area contributed by atoms with Crippen molar-refractivity contribution in [1.82, 2.24) is 10.4 Å². The van der Waals surface area contributed by atoms with Crippen LogP contribution in [0, 0.1) is 5.53 Å². The minimum absolute atomic E-state index is 0.194. The van der Waals surface area contributed by atoms with Crippen LogP contribution in [0.15, 0.2) is 15.9 Å². The lowest BCUT2D eigenvalue weighted by Gasteiger charge is -1.62. The average molecular weight is 98.1 g/mol. The molecule has 1 heterocycles. The van der Waals surface area contributed by atoms with Crippen molar-refractivity contribution in [3.63, 3.8) is 0 Å². The lowest BCUT2D eigenvalue weighted by Crippen LogP contribution is -1.59. The molecule has 0 unspecified atom stereocenters. The van der Waals surface area contributed by atoms with Crippen LogP contribution in [-0.4, -0.2) is 10.4 Å². The van der Waals surface area contributed by atoms with Gasteiger partial charge in [0.05, 0.1) is 0 Å². The number of hydrogen-bond donors (Lipinski definition) is 1. The van der Waals surface area contributed by atoms with Crippen molar-refractivity contribution >= 4 is 5.82 Å². The molecular weight excluding hydrogens is 96.0 g/mol. The second kappa shape index (κ2) is 1.46. The molecular formula is C2H2N4O. The second-order valence-corrected chi connectivity index (χ2v) is 0.875. The van der Waals surface area contributed by atoms with Crippen molar-refractivity contribution in [3.05, 3.63) is 6.26 Å². The normalized spacial score (nSPS) is 8.57. The number of aromatic nitrogens is 2. The molecule has 36 valence electrons. The third-order valence-corrected chi connectivity index (χ3v) is 0.463. The Morgan fingerprint density at radius 3 is 3.00 bits per heavy atom. The number of hydrogen-bond acceptors (Lipinski definition) is 5. The molecule has 5 nitrogen and oxygen atoms in total. The lowest BCUT2D eigenvalue weighted by atomic mass is 10.8. The highest BCUT2D eigenvalue weighted by Crippen LogP contribution is 2.00. The van der Waals surface area contributed by atoms with Gasteiger partial charge in [0.15, 0.2) is 6.26 Å². The van der Waals surface area contributed by atoms with Crippen molar-refractivity contribution in [1.29, 1.82) is 5.53 Å². The largest absolute Gasteiger partial charge is 0.343 e. The van der Waals surface area contributed by atoms with Gasteiger partial charge in [-0.3, -0.25) is 0 Å². The molecule has 0 radical (unpaired) electrons. The molecule has 1 aromatic heterocycles. The van der Waals surface area contributed by atoms with Gasteiger partial charge in [0.25, 0.3) is 0 Å². The SMILES string of the molecule is N=Nc1conn1. The van der Waals surface area contributed by atoms with Gasteiger partial charge in [0.1, 0.15) is 0 Å². The van der Waals surface area contributed by atoms with Crippen molar-refractivity contribution in [3.8, 4) is 0 Å². The minimum Gasteiger partial charge on any atom is -0.343 e. The summed E-state index contributed by atoms with van der Waals surface area (Å²) in [6.45, 7) is 0. The van der Waals surface area contributed by atoms with Crippen molar-refractivity contribution < 1.29 is 4.52 Å². The van der Waals surface area contributed by atoms with Gasteiger partial charge in [-0.15, -0.1) is 5.11 Å². The van der Waals surface area contributed by atoms with Gasteiger partial charge in [-0.2, -0.15) is 0 Å². The monoisotopic (exact) mass is 98.0 g/mol. The zero-order chi connectivity index (χ0) is 5.11. The summed E-state index contributed by atoms with van der Waals surface area (Å²) >= 11 is 0.